The van der Waals surface area contributed by atoms with Gasteiger partial charge in [0, 0.05) is 25.2 Å². The van der Waals surface area contributed by atoms with Crippen molar-refractivity contribution in [2.24, 2.45) is 11.8 Å². The Kier molecular flexibility index (Phi) is 4.05. The summed E-state index contributed by atoms with van der Waals surface area (Å²) >= 11 is 0. The maximum atomic E-state index is 10.8. The van der Waals surface area contributed by atoms with Crippen LogP contribution >= 0.6 is 0 Å². The van der Waals surface area contributed by atoms with Crippen LogP contribution in [0.25, 0.3) is 0 Å². The van der Waals surface area contributed by atoms with E-state index in [-0.39, 0.29) is 6.54 Å². The molecule has 0 aromatic heterocycles. The number of nitrogens with one attached hydrogen (secondary N) is 1. The first-order chi connectivity index (χ1) is 8.04. The maximum Gasteiger partial charge on any atom is 0.317 e. The molecule has 0 amide bonds. The van der Waals surface area contributed by atoms with Gasteiger partial charge < -0.3 is 10.4 Å². The molecular formula is C13H24N2O2. The molecule has 1 saturated carbocycles. The van der Waals surface area contributed by atoms with Crippen molar-refractivity contribution in [2.45, 2.75) is 45.2 Å². The highest BCUT2D eigenvalue weighted by atomic mass is 16.4. The zero-order chi connectivity index (χ0) is 12.4. The summed E-state index contributed by atoms with van der Waals surface area (Å²) in [6.07, 6.45) is 3.79. The molecule has 0 spiro atoms. The number of hydrogen-bond acceptors (Lipinski definition) is 3. The van der Waals surface area contributed by atoms with Crippen LogP contribution in [0, 0.1) is 11.8 Å². The van der Waals surface area contributed by atoms with Crippen LogP contribution in [0.4, 0.5) is 0 Å². The smallest absolute Gasteiger partial charge is 0.317 e. The van der Waals surface area contributed by atoms with Crippen LogP contribution in [0.1, 0.15) is 33.1 Å². The van der Waals surface area contributed by atoms with E-state index < -0.39 is 5.97 Å². The largest absolute Gasteiger partial charge is 0.480 e. The minimum Gasteiger partial charge on any atom is -0.480 e. The van der Waals surface area contributed by atoms with Gasteiger partial charge in [-0.2, -0.15) is 0 Å². The van der Waals surface area contributed by atoms with Crippen LogP contribution in [0.15, 0.2) is 0 Å². The van der Waals surface area contributed by atoms with E-state index in [0.717, 1.165) is 13.1 Å². The number of carbonyl (C=O) groups is 1. The Labute approximate surface area is 103 Å². The van der Waals surface area contributed by atoms with Crippen LogP contribution in [0.5, 0.6) is 0 Å². The second kappa shape index (κ2) is 5.36. The molecule has 1 saturated heterocycles. The molecule has 1 heterocycles. The summed E-state index contributed by atoms with van der Waals surface area (Å²) in [5, 5.41) is 12.6. The third kappa shape index (κ3) is 3.96. The summed E-state index contributed by atoms with van der Waals surface area (Å²) in [7, 11) is 0. The van der Waals surface area contributed by atoms with Gasteiger partial charge in [-0.25, -0.2) is 0 Å². The molecular weight excluding hydrogens is 216 g/mol. The number of nitrogens with zero attached hydrogens (tertiary/aromatic N) is 1. The second-order valence-electron chi connectivity index (χ2n) is 5.97. The molecule has 2 aliphatic rings. The maximum absolute atomic E-state index is 10.8. The van der Waals surface area contributed by atoms with E-state index in [1.54, 1.807) is 0 Å². The van der Waals surface area contributed by atoms with E-state index in [0.29, 0.717) is 23.9 Å². The predicted octanol–water partition coefficient (Wildman–Crippen LogP) is 1.17. The van der Waals surface area contributed by atoms with Gasteiger partial charge in [0.2, 0.25) is 0 Å². The van der Waals surface area contributed by atoms with Crippen molar-refractivity contribution in [1.82, 2.24) is 10.2 Å². The molecule has 4 heteroatoms. The summed E-state index contributed by atoms with van der Waals surface area (Å²) < 4.78 is 0. The van der Waals surface area contributed by atoms with E-state index in [1.165, 1.54) is 19.3 Å². The zero-order valence-corrected chi connectivity index (χ0v) is 10.9. The predicted molar refractivity (Wildman–Crippen MR) is 67.0 cm³/mol. The summed E-state index contributed by atoms with van der Waals surface area (Å²) in [5.41, 5.74) is 0. The van der Waals surface area contributed by atoms with Crippen molar-refractivity contribution >= 4 is 5.97 Å². The Morgan fingerprint density at radius 3 is 2.59 bits per heavy atom. The van der Waals surface area contributed by atoms with Gasteiger partial charge in [-0.15, -0.1) is 0 Å². The quantitative estimate of drug-likeness (QED) is 0.757. The minimum absolute atomic E-state index is 0.187. The molecule has 2 rings (SSSR count). The number of rotatable bonds is 5. The summed E-state index contributed by atoms with van der Waals surface area (Å²) in [6.45, 7) is 6.50. The van der Waals surface area contributed by atoms with Crippen molar-refractivity contribution in [3.05, 3.63) is 0 Å². The summed E-state index contributed by atoms with van der Waals surface area (Å²) in [5.74, 6) is 0.550. The molecule has 98 valence electrons. The lowest BCUT2D eigenvalue weighted by Crippen LogP contribution is -2.52. The van der Waals surface area contributed by atoms with Gasteiger partial charge >= 0.3 is 5.97 Å². The highest BCUT2D eigenvalue weighted by Gasteiger charge is 2.33. The lowest BCUT2D eigenvalue weighted by molar-refractivity contribution is -0.139. The minimum atomic E-state index is -0.709. The molecule has 0 aromatic rings. The zero-order valence-electron chi connectivity index (χ0n) is 10.9. The third-order valence-corrected chi connectivity index (χ3v) is 3.91. The molecule has 1 aliphatic carbocycles. The normalized spacial score (nSPS) is 30.8. The number of carboxylic acid groups (broad SMARTS) is 1. The van der Waals surface area contributed by atoms with Gasteiger partial charge in [0.15, 0.2) is 0 Å². The number of hydrogen-bond donors (Lipinski definition) is 2. The molecule has 4 nitrogen and oxygen atoms in total. The summed E-state index contributed by atoms with van der Waals surface area (Å²) in [6, 6.07) is 1.19. The molecule has 0 aromatic carbocycles. The van der Waals surface area contributed by atoms with Gasteiger partial charge in [-0.05, 0) is 31.1 Å². The lowest BCUT2D eigenvalue weighted by atomic mass is 9.85. The Hall–Kier alpha value is -0.610. The molecule has 0 bridgehead atoms. The SMILES string of the molecule is CC(C)C1CC(NC2CC2)CN(CC(=O)O)C1. The molecule has 17 heavy (non-hydrogen) atoms. The number of carboxylic acids is 1. The highest BCUT2D eigenvalue weighted by molar-refractivity contribution is 5.69. The fourth-order valence-electron chi connectivity index (χ4n) is 2.74. The molecule has 2 N–H and O–H groups in total. The monoisotopic (exact) mass is 240 g/mol. The topological polar surface area (TPSA) is 52.6 Å². The second-order valence-corrected chi connectivity index (χ2v) is 5.97. The lowest BCUT2D eigenvalue weighted by Gasteiger charge is -2.39. The molecule has 1 aliphatic heterocycles. The standard InChI is InChI=1S/C13H24N2O2/c1-9(2)10-5-12(14-11-3-4-11)7-15(6-10)8-13(16)17/h9-12,14H,3-8H2,1-2H3,(H,16,17). The number of likely N-dealkylation sites (tertiary alicyclic amines) is 1. The fourth-order valence-corrected chi connectivity index (χ4v) is 2.74. The van der Waals surface area contributed by atoms with Gasteiger partial charge in [-0.1, -0.05) is 13.8 Å². The van der Waals surface area contributed by atoms with E-state index in [2.05, 4.69) is 24.1 Å². The highest BCUT2D eigenvalue weighted by Crippen LogP contribution is 2.27. The van der Waals surface area contributed by atoms with Crippen LogP contribution in [0.3, 0.4) is 0 Å². The molecule has 2 fully saturated rings. The number of piperidine rings is 1. The average molecular weight is 240 g/mol. The van der Waals surface area contributed by atoms with Crippen molar-refractivity contribution in [3.8, 4) is 0 Å². The third-order valence-electron chi connectivity index (χ3n) is 3.91. The Morgan fingerprint density at radius 2 is 2.06 bits per heavy atom. The molecule has 0 radical (unpaired) electrons. The van der Waals surface area contributed by atoms with E-state index in [1.807, 2.05) is 0 Å². The van der Waals surface area contributed by atoms with Gasteiger partial charge in [0.05, 0.1) is 6.54 Å². The summed E-state index contributed by atoms with van der Waals surface area (Å²) in [4.78, 5) is 12.9. The Morgan fingerprint density at radius 1 is 1.35 bits per heavy atom. The van der Waals surface area contributed by atoms with Gasteiger partial charge in [0.1, 0.15) is 0 Å². The average Bonchev–Trinajstić information content (AvgIpc) is 3.00. The Bertz CT molecular complexity index is 277. The van der Waals surface area contributed by atoms with E-state index in [9.17, 15) is 4.79 Å². The van der Waals surface area contributed by atoms with Gasteiger partial charge in [-0.3, -0.25) is 9.69 Å². The first-order valence-electron chi connectivity index (χ1n) is 6.74. The van der Waals surface area contributed by atoms with Crippen LogP contribution < -0.4 is 5.32 Å². The van der Waals surface area contributed by atoms with E-state index >= 15 is 0 Å². The van der Waals surface area contributed by atoms with Crippen molar-refractivity contribution in [3.63, 3.8) is 0 Å². The van der Waals surface area contributed by atoms with Crippen molar-refractivity contribution in [2.75, 3.05) is 19.6 Å². The number of aliphatic carboxylic acids is 1. The van der Waals surface area contributed by atoms with Crippen LogP contribution in [0.2, 0.25) is 0 Å². The first kappa shape index (κ1) is 12.8. The fraction of sp³-hybridized carbons (Fsp3) is 0.923. The van der Waals surface area contributed by atoms with Gasteiger partial charge in [0.25, 0.3) is 0 Å². The van der Waals surface area contributed by atoms with E-state index in [4.69, 9.17) is 5.11 Å². The van der Waals surface area contributed by atoms with Crippen LogP contribution in [-0.4, -0.2) is 47.7 Å². The molecule has 2 atom stereocenters. The van der Waals surface area contributed by atoms with Crippen molar-refractivity contribution in [1.29, 1.82) is 0 Å². The first-order valence-corrected chi connectivity index (χ1v) is 6.74. The van der Waals surface area contributed by atoms with Crippen LogP contribution in [-0.2, 0) is 4.79 Å². The molecule has 2 unspecified atom stereocenters. The van der Waals surface area contributed by atoms with Crippen molar-refractivity contribution < 1.29 is 9.90 Å². The Balaban J connectivity index is 1.90.